The van der Waals surface area contributed by atoms with Crippen LogP contribution in [0, 0.1) is 0 Å². The molecule has 0 N–H and O–H groups in total. The molecule has 1 unspecified atom stereocenters. The van der Waals surface area contributed by atoms with Crippen molar-refractivity contribution in [3.8, 4) is 0 Å². The average Bonchev–Trinajstić information content (AvgIpc) is 2.65. The first-order valence-electron chi connectivity index (χ1n) is 10.8. The molecule has 29 heavy (non-hydrogen) atoms. The van der Waals surface area contributed by atoms with Gasteiger partial charge in [-0.15, -0.1) is 0 Å². The Balaban J connectivity index is 1.75. The molecule has 6 heteroatoms. The lowest BCUT2D eigenvalue weighted by Gasteiger charge is -2.47. The van der Waals surface area contributed by atoms with E-state index in [4.69, 9.17) is 9.47 Å². The molecule has 1 aromatic carbocycles. The van der Waals surface area contributed by atoms with Gasteiger partial charge in [-0.05, 0) is 40.2 Å². The topological polar surface area (TPSA) is 45.2 Å². The fourth-order valence-corrected chi connectivity index (χ4v) is 4.17. The Labute approximate surface area is 175 Å². The SMILES string of the molecule is CC1CN(Cc2ccccc2)[C@@H](CN2CCOC[C@H]2C)CN1C(=O)OC(C)(C)C. The number of piperazine rings is 1. The van der Waals surface area contributed by atoms with Gasteiger partial charge < -0.3 is 14.4 Å². The number of hydrogen-bond donors (Lipinski definition) is 0. The van der Waals surface area contributed by atoms with Gasteiger partial charge in [-0.2, -0.15) is 0 Å². The number of carbonyl (C=O) groups excluding carboxylic acids is 1. The lowest BCUT2D eigenvalue weighted by molar-refractivity contribution is -0.0423. The van der Waals surface area contributed by atoms with E-state index >= 15 is 0 Å². The van der Waals surface area contributed by atoms with Crippen molar-refractivity contribution in [2.75, 3.05) is 39.4 Å². The van der Waals surface area contributed by atoms with Crippen molar-refractivity contribution in [1.82, 2.24) is 14.7 Å². The normalized spacial score (nSPS) is 27.1. The number of morpholine rings is 1. The van der Waals surface area contributed by atoms with Gasteiger partial charge in [0.25, 0.3) is 0 Å². The second-order valence-electron chi connectivity index (χ2n) is 9.47. The summed E-state index contributed by atoms with van der Waals surface area (Å²) >= 11 is 0. The standard InChI is InChI=1S/C23H37N3O3/c1-18-13-25(14-20-9-7-6-8-10-20)21(15-24-11-12-28-17-19(24)2)16-26(18)22(27)29-23(3,4)5/h6-10,18-19,21H,11-17H2,1-5H3/t18?,19-,21+/m1/s1. The molecule has 6 nitrogen and oxygen atoms in total. The second kappa shape index (κ2) is 9.45. The van der Waals surface area contributed by atoms with E-state index in [2.05, 4.69) is 54.0 Å². The Morgan fingerprint density at radius 1 is 1.10 bits per heavy atom. The molecule has 0 aliphatic carbocycles. The Hall–Kier alpha value is -1.63. The molecule has 1 aromatic rings. The van der Waals surface area contributed by atoms with E-state index in [9.17, 15) is 4.79 Å². The van der Waals surface area contributed by atoms with Crippen molar-refractivity contribution in [3.05, 3.63) is 35.9 Å². The van der Waals surface area contributed by atoms with Gasteiger partial charge in [0.1, 0.15) is 5.60 Å². The summed E-state index contributed by atoms with van der Waals surface area (Å²) in [5.41, 5.74) is 0.831. The fraction of sp³-hybridized carbons (Fsp3) is 0.696. The first kappa shape index (κ1) is 22.1. The third-order valence-corrected chi connectivity index (χ3v) is 5.76. The van der Waals surface area contributed by atoms with Crippen molar-refractivity contribution in [1.29, 1.82) is 0 Å². The number of ether oxygens (including phenoxy) is 2. The van der Waals surface area contributed by atoms with Gasteiger partial charge in [0.05, 0.1) is 13.2 Å². The highest BCUT2D eigenvalue weighted by atomic mass is 16.6. The zero-order valence-corrected chi connectivity index (χ0v) is 18.6. The van der Waals surface area contributed by atoms with E-state index in [0.717, 1.165) is 39.4 Å². The minimum absolute atomic E-state index is 0.118. The molecule has 1 amide bonds. The summed E-state index contributed by atoms with van der Waals surface area (Å²) in [7, 11) is 0. The first-order valence-corrected chi connectivity index (χ1v) is 10.8. The Bertz CT molecular complexity index is 661. The van der Waals surface area contributed by atoms with Gasteiger partial charge in [-0.1, -0.05) is 30.3 Å². The van der Waals surface area contributed by atoms with E-state index in [0.29, 0.717) is 12.6 Å². The highest BCUT2D eigenvalue weighted by molar-refractivity contribution is 5.68. The summed E-state index contributed by atoms with van der Waals surface area (Å²) in [4.78, 5) is 19.8. The zero-order valence-electron chi connectivity index (χ0n) is 18.6. The molecule has 2 aliphatic heterocycles. The Kier molecular flexibility index (Phi) is 7.19. The molecule has 0 saturated carbocycles. The van der Waals surface area contributed by atoms with Gasteiger partial charge in [0, 0.05) is 50.8 Å². The number of rotatable bonds is 4. The molecule has 2 heterocycles. The fourth-order valence-electron chi connectivity index (χ4n) is 4.17. The summed E-state index contributed by atoms with van der Waals surface area (Å²) in [6.45, 7) is 16.0. The molecule has 2 saturated heterocycles. The minimum atomic E-state index is -0.480. The van der Waals surface area contributed by atoms with Crippen LogP contribution in [0.3, 0.4) is 0 Å². The maximum Gasteiger partial charge on any atom is 0.410 e. The van der Waals surface area contributed by atoms with E-state index in [1.807, 2.05) is 25.7 Å². The molecular weight excluding hydrogens is 366 g/mol. The molecule has 0 spiro atoms. The predicted molar refractivity (Wildman–Crippen MR) is 115 cm³/mol. The summed E-state index contributed by atoms with van der Waals surface area (Å²) in [6.07, 6.45) is -0.204. The van der Waals surface area contributed by atoms with E-state index in [1.54, 1.807) is 0 Å². The third kappa shape index (κ3) is 6.17. The molecule has 3 rings (SSSR count). The maximum atomic E-state index is 12.8. The molecule has 2 aliphatic rings. The summed E-state index contributed by atoms with van der Waals surface area (Å²) < 4.78 is 11.3. The number of nitrogens with zero attached hydrogens (tertiary/aromatic N) is 3. The smallest absolute Gasteiger partial charge is 0.410 e. The first-order chi connectivity index (χ1) is 13.7. The van der Waals surface area contributed by atoms with E-state index in [1.165, 1.54) is 5.56 Å². The summed E-state index contributed by atoms with van der Waals surface area (Å²) in [5.74, 6) is 0. The lowest BCUT2D eigenvalue weighted by atomic mass is 10.0. The number of hydrogen-bond acceptors (Lipinski definition) is 5. The van der Waals surface area contributed by atoms with Crippen LogP contribution in [-0.2, 0) is 16.0 Å². The third-order valence-electron chi connectivity index (χ3n) is 5.76. The number of benzene rings is 1. The monoisotopic (exact) mass is 403 g/mol. The predicted octanol–water partition coefficient (Wildman–Crippen LogP) is 3.22. The molecule has 0 bridgehead atoms. The number of carbonyl (C=O) groups is 1. The van der Waals surface area contributed by atoms with Gasteiger partial charge >= 0.3 is 6.09 Å². The zero-order chi connectivity index (χ0) is 21.0. The highest BCUT2D eigenvalue weighted by Crippen LogP contribution is 2.23. The van der Waals surface area contributed by atoms with Gasteiger partial charge in [-0.3, -0.25) is 9.80 Å². The summed E-state index contributed by atoms with van der Waals surface area (Å²) in [6, 6.07) is 11.4. The van der Waals surface area contributed by atoms with E-state index < -0.39 is 5.60 Å². The van der Waals surface area contributed by atoms with Crippen LogP contribution in [0.25, 0.3) is 0 Å². The van der Waals surface area contributed by atoms with Crippen LogP contribution in [0.4, 0.5) is 4.79 Å². The molecular formula is C23H37N3O3. The van der Waals surface area contributed by atoms with Crippen LogP contribution in [0.15, 0.2) is 30.3 Å². The van der Waals surface area contributed by atoms with Gasteiger partial charge in [-0.25, -0.2) is 4.79 Å². The molecule has 2 fully saturated rings. The quantitative estimate of drug-likeness (QED) is 0.772. The van der Waals surface area contributed by atoms with Crippen LogP contribution in [0.5, 0.6) is 0 Å². The number of amides is 1. The molecule has 162 valence electrons. The van der Waals surface area contributed by atoms with Crippen LogP contribution >= 0.6 is 0 Å². The van der Waals surface area contributed by atoms with Crippen molar-refractivity contribution in [2.45, 2.75) is 64.9 Å². The largest absolute Gasteiger partial charge is 0.444 e. The molecule has 0 radical (unpaired) electrons. The van der Waals surface area contributed by atoms with Crippen LogP contribution < -0.4 is 0 Å². The van der Waals surface area contributed by atoms with Crippen molar-refractivity contribution in [3.63, 3.8) is 0 Å². The van der Waals surface area contributed by atoms with Crippen molar-refractivity contribution < 1.29 is 14.3 Å². The van der Waals surface area contributed by atoms with Gasteiger partial charge in [0.15, 0.2) is 0 Å². The summed E-state index contributed by atoms with van der Waals surface area (Å²) in [5, 5.41) is 0. The minimum Gasteiger partial charge on any atom is -0.444 e. The Morgan fingerprint density at radius 2 is 1.83 bits per heavy atom. The molecule has 0 aromatic heterocycles. The van der Waals surface area contributed by atoms with Gasteiger partial charge in [0.2, 0.25) is 0 Å². The van der Waals surface area contributed by atoms with Crippen LogP contribution in [0.1, 0.15) is 40.2 Å². The maximum absolute atomic E-state index is 12.8. The highest BCUT2D eigenvalue weighted by Gasteiger charge is 2.37. The lowest BCUT2D eigenvalue weighted by Crippen LogP contribution is -2.62. The average molecular weight is 404 g/mol. The Morgan fingerprint density at radius 3 is 2.48 bits per heavy atom. The second-order valence-corrected chi connectivity index (χ2v) is 9.47. The van der Waals surface area contributed by atoms with E-state index in [-0.39, 0.29) is 18.2 Å². The van der Waals surface area contributed by atoms with Crippen molar-refractivity contribution in [2.24, 2.45) is 0 Å². The van der Waals surface area contributed by atoms with Crippen molar-refractivity contribution >= 4 is 6.09 Å². The molecule has 3 atom stereocenters. The van der Waals surface area contributed by atoms with Crippen LogP contribution in [0.2, 0.25) is 0 Å². The van der Waals surface area contributed by atoms with Crippen LogP contribution in [-0.4, -0.2) is 83.9 Å².